The molecule has 2 fully saturated rings. The van der Waals surface area contributed by atoms with Crippen molar-refractivity contribution >= 4 is 11.8 Å². The van der Waals surface area contributed by atoms with Gasteiger partial charge in [0.15, 0.2) is 0 Å². The highest BCUT2D eigenvalue weighted by Crippen LogP contribution is 2.30. The Morgan fingerprint density at radius 1 is 1.12 bits per heavy atom. The van der Waals surface area contributed by atoms with Crippen LogP contribution in [0.5, 0.6) is 0 Å². The molecule has 1 aromatic heterocycles. The van der Waals surface area contributed by atoms with Crippen molar-refractivity contribution in [2.75, 3.05) is 13.1 Å². The number of amides is 2. The summed E-state index contributed by atoms with van der Waals surface area (Å²) in [6.07, 6.45) is 9.86. The van der Waals surface area contributed by atoms with Crippen LogP contribution in [-0.4, -0.2) is 40.8 Å². The maximum Gasteiger partial charge on any atom is 0.255 e. The van der Waals surface area contributed by atoms with Crippen LogP contribution in [0.15, 0.2) is 18.3 Å². The Hall–Kier alpha value is -1.91. The molecule has 2 atom stereocenters. The molecule has 0 aromatic carbocycles. The van der Waals surface area contributed by atoms with Gasteiger partial charge in [-0.2, -0.15) is 0 Å². The number of rotatable bonds is 1. The first kappa shape index (κ1) is 17.9. The first-order valence-corrected chi connectivity index (χ1v) is 9.68. The molecule has 1 N–H and O–H groups in total. The van der Waals surface area contributed by atoms with E-state index < -0.39 is 0 Å². The van der Waals surface area contributed by atoms with E-state index in [9.17, 15) is 9.59 Å². The molecule has 3 rings (SSSR count). The molecule has 1 aliphatic carbocycles. The number of carbonyl (C=O) groups is 2. The lowest BCUT2D eigenvalue weighted by atomic mass is 9.82. The predicted molar refractivity (Wildman–Crippen MR) is 97.2 cm³/mol. The van der Waals surface area contributed by atoms with E-state index in [2.05, 4.69) is 10.3 Å². The van der Waals surface area contributed by atoms with E-state index in [-0.39, 0.29) is 23.8 Å². The van der Waals surface area contributed by atoms with Crippen LogP contribution in [0.25, 0.3) is 0 Å². The molecule has 1 saturated carbocycles. The smallest absolute Gasteiger partial charge is 0.255 e. The molecule has 1 aliphatic heterocycles. The van der Waals surface area contributed by atoms with Crippen LogP contribution in [0.2, 0.25) is 0 Å². The first-order valence-electron chi connectivity index (χ1n) is 9.68. The van der Waals surface area contributed by atoms with Crippen LogP contribution in [0.3, 0.4) is 0 Å². The molecule has 1 saturated heterocycles. The Morgan fingerprint density at radius 3 is 2.72 bits per heavy atom. The molecule has 25 heavy (non-hydrogen) atoms. The van der Waals surface area contributed by atoms with Crippen molar-refractivity contribution in [1.29, 1.82) is 0 Å². The van der Waals surface area contributed by atoms with Crippen LogP contribution in [0.1, 0.15) is 67.4 Å². The summed E-state index contributed by atoms with van der Waals surface area (Å²) in [5.74, 6) is 0.0806. The Kier molecular flexibility index (Phi) is 6.05. The zero-order valence-corrected chi connectivity index (χ0v) is 15.2. The first-order chi connectivity index (χ1) is 12.2. The largest absolute Gasteiger partial charge is 0.356 e. The van der Waals surface area contributed by atoms with Crippen molar-refractivity contribution in [2.24, 2.45) is 5.92 Å². The third-order valence-electron chi connectivity index (χ3n) is 5.51. The van der Waals surface area contributed by atoms with Crippen LogP contribution in [0.4, 0.5) is 0 Å². The zero-order chi connectivity index (χ0) is 17.6. The molecule has 2 aliphatic rings. The summed E-state index contributed by atoms with van der Waals surface area (Å²) in [5.41, 5.74) is 1.54. The number of nitrogens with one attached hydrogen (secondary N) is 1. The Morgan fingerprint density at radius 2 is 1.92 bits per heavy atom. The van der Waals surface area contributed by atoms with Gasteiger partial charge in [-0.3, -0.25) is 14.6 Å². The van der Waals surface area contributed by atoms with Gasteiger partial charge in [0.1, 0.15) is 0 Å². The normalized spacial score (nSPS) is 25.5. The van der Waals surface area contributed by atoms with Gasteiger partial charge < -0.3 is 10.2 Å². The second-order valence-electron chi connectivity index (χ2n) is 7.35. The second kappa shape index (κ2) is 8.45. The predicted octanol–water partition coefficient (Wildman–Crippen LogP) is 3.08. The highest BCUT2D eigenvalue weighted by atomic mass is 16.2. The lowest BCUT2D eigenvalue weighted by Gasteiger charge is -2.39. The van der Waals surface area contributed by atoms with Gasteiger partial charge in [-0.05, 0) is 44.7 Å². The number of hydrogen-bond donors (Lipinski definition) is 1. The summed E-state index contributed by atoms with van der Waals surface area (Å²) in [4.78, 5) is 32.1. The molecule has 0 bridgehead atoms. The third-order valence-corrected chi connectivity index (χ3v) is 5.51. The topological polar surface area (TPSA) is 62.3 Å². The van der Waals surface area contributed by atoms with Crippen molar-refractivity contribution in [3.05, 3.63) is 29.6 Å². The molecule has 0 radical (unpaired) electrons. The van der Waals surface area contributed by atoms with Crippen molar-refractivity contribution in [3.63, 3.8) is 0 Å². The number of fused-ring (bicyclic) bond motifs is 1. The van der Waals surface area contributed by atoms with Gasteiger partial charge in [-0.15, -0.1) is 0 Å². The van der Waals surface area contributed by atoms with Gasteiger partial charge in [-0.1, -0.05) is 25.7 Å². The highest BCUT2D eigenvalue weighted by Gasteiger charge is 2.37. The average molecular weight is 343 g/mol. The second-order valence-corrected chi connectivity index (χ2v) is 7.35. The van der Waals surface area contributed by atoms with Crippen LogP contribution in [-0.2, 0) is 4.79 Å². The van der Waals surface area contributed by atoms with Crippen LogP contribution >= 0.6 is 0 Å². The van der Waals surface area contributed by atoms with Gasteiger partial charge in [0.2, 0.25) is 5.91 Å². The Balaban J connectivity index is 1.86. The monoisotopic (exact) mass is 343 g/mol. The van der Waals surface area contributed by atoms with Crippen molar-refractivity contribution in [3.8, 4) is 0 Å². The summed E-state index contributed by atoms with van der Waals surface area (Å²) in [7, 11) is 0. The molecular formula is C20H29N3O2. The minimum Gasteiger partial charge on any atom is -0.356 e. The van der Waals surface area contributed by atoms with Gasteiger partial charge in [-0.25, -0.2) is 0 Å². The van der Waals surface area contributed by atoms with E-state index in [1.54, 1.807) is 6.20 Å². The molecule has 5 heteroatoms. The highest BCUT2D eigenvalue weighted by molar-refractivity contribution is 5.94. The molecular weight excluding hydrogens is 314 g/mol. The fourth-order valence-corrected chi connectivity index (χ4v) is 4.07. The number of hydrogen-bond acceptors (Lipinski definition) is 3. The average Bonchev–Trinajstić information content (AvgIpc) is 2.67. The van der Waals surface area contributed by atoms with E-state index in [1.165, 1.54) is 0 Å². The van der Waals surface area contributed by atoms with E-state index in [4.69, 9.17) is 0 Å². The SMILES string of the molecule is Cc1ccc(C(=O)N2CCCCCCNC(=O)[C@@H]3CCCC[C@@H]32)cn1. The van der Waals surface area contributed by atoms with E-state index in [0.717, 1.165) is 70.2 Å². The molecule has 5 nitrogen and oxygen atoms in total. The Bertz CT molecular complexity index is 599. The van der Waals surface area contributed by atoms with Gasteiger partial charge >= 0.3 is 0 Å². The number of aryl methyl sites for hydroxylation is 1. The maximum atomic E-state index is 13.2. The minimum atomic E-state index is -0.0748. The number of nitrogens with zero attached hydrogens (tertiary/aromatic N) is 2. The summed E-state index contributed by atoms with van der Waals surface area (Å²) in [5, 5.41) is 3.10. The molecule has 0 unspecified atom stereocenters. The molecule has 2 heterocycles. The number of carbonyl (C=O) groups excluding carboxylic acids is 2. The fraction of sp³-hybridized carbons (Fsp3) is 0.650. The molecule has 0 spiro atoms. The fourth-order valence-electron chi connectivity index (χ4n) is 4.07. The minimum absolute atomic E-state index is 0.0145. The van der Waals surface area contributed by atoms with Crippen LogP contribution < -0.4 is 5.32 Å². The van der Waals surface area contributed by atoms with E-state index in [0.29, 0.717) is 5.56 Å². The summed E-state index contributed by atoms with van der Waals surface area (Å²) < 4.78 is 0. The van der Waals surface area contributed by atoms with E-state index >= 15 is 0 Å². The number of aromatic nitrogens is 1. The van der Waals surface area contributed by atoms with Gasteiger partial charge in [0.05, 0.1) is 11.5 Å². The standard InChI is InChI=1S/C20H29N3O2/c1-15-10-11-16(14-22-15)20(25)23-13-7-3-2-6-12-21-19(24)17-8-4-5-9-18(17)23/h10-11,14,17-18H,2-9,12-13H2,1H3,(H,21,24)/t17-,18+/m1/s1. The van der Waals surface area contributed by atoms with Crippen LogP contribution in [0, 0.1) is 12.8 Å². The third kappa shape index (κ3) is 4.39. The van der Waals surface area contributed by atoms with Gasteiger partial charge in [0.25, 0.3) is 5.91 Å². The summed E-state index contributed by atoms with van der Waals surface area (Å²) >= 11 is 0. The van der Waals surface area contributed by atoms with Crippen molar-refractivity contribution in [2.45, 2.75) is 64.3 Å². The molecule has 136 valence electrons. The molecule has 1 aromatic rings. The summed E-state index contributed by atoms with van der Waals surface area (Å²) in [6.45, 7) is 3.42. The lowest BCUT2D eigenvalue weighted by molar-refractivity contribution is -0.128. The van der Waals surface area contributed by atoms with Gasteiger partial charge in [0, 0.05) is 31.0 Å². The maximum absolute atomic E-state index is 13.2. The quantitative estimate of drug-likeness (QED) is 0.852. The van der Waals surface area contributed by atoms with E-state index in [1.807, 2.05) is 24.0 Å². The summed E-state index contributed by atoms with van der Waals surface area (Å²) in [6, 6.07) is 3.75. The zero-order valence-electron chi connectivity index (χ0n) is 15.2. The lowest BCUT2D eigenvalue weighted by Crippen LogP contribution is -2.51. The van der Waals surface area contributed by atoms with Crippen molar-refractivity contribution < 1.29 is 9.59 Å². The Labute approximate surface area is 150 Å². The number of pyridine rings is 1. The molecule has 2 amide bonds. The van der Waals surface area contributed by atoms with Crippen molar-refractivity contribution in [1.82, 2.24) is 15.2 Å².